The first-order chi connectivity index (χ1) is 8.85. The van der Waals surface area contributed by atoms with Crippen LogP contribution >= 0.6 is 0 Å². The van der Waals surface area contributed by atoms with Gasteiger partial charge in [0.25, 0.3) is 0 Å². The smallest absolute Gasteiger partial charge is 0.231 e. The molecule has 2 N–H and O–H groups in total. The fourth-order valence-corrected chi connectivity index (χ4v) is 1.80. The van der Waals surface area contributed by atoms with E-state index in [-0.39, 0.29) is 20.0 Å². The number of hydrogen-bond donors (Lipinski definition) is 2. The van der Waals surface area contributed by atoms with Crippen molar-refractivity contribution in [2.24, 2.45) is 0 Å². The molecule has 0 radical (unpaired) electrons. The van der Waals surface area contributed by atoms with Crippen molar-refractivity contribution in [3.63, 3.8) is 0 Å². The highest BCUT2D eigenvalue weighted by atomic mass is 16.7. The molecule has 1 aliphatic rings. The highest BCUT2D eigenvalue weighted by Gasteiger charge is 2.17. The van der Waals surface area contributed by atoms with Crippen LogP contribution in [0, 0.1) is 0 Å². The van der Waals surface area contributed by atoms with Gasteiger partial charge in [-0.15, -0.1) is 0 Å². The number of hydrogen-bond acceptors (Lipinski definition) is 5. The van der Waals surface area contributed by atoms with Gasteiger partial charge in [-0.05, 0) is 25.3 Å². The van der Waals surface area contributed by atoms with E-state index in [4.69, 9.17) is 19.3 Å². The molecular formula is C13H18O5. The standard InChI is InChI=1S/C13H18O5/c14-4-2-1-3-5-16-11-7-13-12(17-9-18-13)6-10(11)8-15/h6-7,14-15H,1-5,8-9H2. The Kier molecular flexibility index (Phi) is 4.66. The van der Waals surface area contributed by atoms with Crippen LogP contribution in [0.4, 0.5) is 0 Å². The SMILES string of the molecule is OCCCCCOc1cc2c(cc1CO)OCO2. The quantitative estimate of drug-likeness (QED) is 0.721. The second-order valence-electron chi connectivity index (χ2n) is 4.10. The van der Waals surface area contributed by atoms with E-state index >= 15 is 0 Å². The summed E-state index contributed by atoms with van der Waals surface area (Å²) in [6.45, 7) is 0.890. The lowest BCUT2D eigenvalue weighted by molar-refractivity contribution is 0.173. The minimum Gasteiger partial charge on any atom is -0.493 e. The monoisotopic (exact) mass is 254 g/mol. The van der Waals surface area contributed by atoms with Crippen LogP contribution in [0.5, 0.6) is 17.2 Å². The van der Waals surface area contributed by atoms with Gasteiger partial charge in [-0.25, -0.2) is 0 Å². The van der Waals surface area contributed by atoms with Crippen molar-refractivity contribution in [3.05, 3.63) is 17.7 Å². The van der Waals surface area contributed by atoms with E-state index in [2.05, 4.69) is 0 Å². The fraction of sp³-hybridized carbons (Fsp3) is 0.538. The van der Waals surface area contributed by atoms with Crippen molar-refractivity contribution in [2.45, 2.75) is 25.9 Å². The van der Waals surface area contributed by atoms with Gasteiger partial charge in [0.15, 0.2) is 11.5 Å². The lowest BCUT2D eigenvalue weighted by Crippen LogP contribution is -2.01. The Bertz CT molecular complexity index is 391. The molecule has 1 aromatic carbocycles. The van der Waals surface area contributed by atoms with Crippen LogP contribution in [0.1, 0.15) is 24.8 Å². The Morgan fingerprint density at radius 1 is 1.06 bits per heavy atom. The maximum Gasteiger partial charge on any atom is 0.231 e. The fourth-order valence-electron chi connectivity index (χ4n) is 1.80. The van der Waals surface area contributed by atoms with Crippen LogP contribution in [-0.4, -0.2) is 30.2 Å². The van der Waals surface area contributed by atoms with Gasteiger partial charge in [0.05, 0.1) is 13.2 Å². The molecule has 0 amide bonds. The van der Waals surface area contributed by atoms with Crippen molar-refractivity contribution in [2.75, 3.05) is 20.0 Å². The molecule has 0 unspecified atom stereocenters. The maximum absolute atomic E-state index is 9.28. The maximum atomic E-state index is 9.28. The van der Waals surface area contributed by atoms with E-state index in [1.54, 1.807) is 12.1 Å². The van der Waals surface area contributed by atoms with E-state index in [0.717, 1.165) is 19.3 Å². The average Bonchev–Trinajstić information content (AvgIpc) is 2.84. The zero-order valence-corrected chi connectivity index (χ0v) is 10.2. The summed E-state index contributed by atoms with van der Waals surface area (Å²) in [5, 5.41) is 17.9. The summed E-state index contributed by atoms with van der Waals surface area (Å²) in [6.07, 6.45) is 2.59. The Morgan fingerprint density at radius 2 is 1.83 bits per heavy atom. The molecule has 0 spiro atoms. The number of benzene rings is 1. The Labute approximate surface area is 106 Å². The van der Waals surface area contributed by atoms with E-state index in [1.807, 2.05) is 0 Å². The van der Waals surface area contributed by atoms with Gasteiger partial charge in [0.2, 0.25) is 6.79 Å². The van der Waals surface area contributed by atoms with Crippen molar-refractivity contribution in [3.8, 4) is 17.2 Å². The second kappa shape index (κ2) is 6.47. The van der Waals surface area contributed by atoms with Gasteiger partial charge in [0, 0.05) is 18.2 Å². The van der Waals surface area contributed by atoms with Gasteiger partial charge in [-0.1, -0.05) is 0 Å². The summed E-state index contributed by atoms with van der Waals surface area (Å²) in [7, 11) is 0. The number of fused-ring (bicyclic) bond motifs is 1. The lowest BCUT2D eigenvalue weighted by atomic mass is 10.2. The predicted molar refractivity (Wildman–Crippen MR) is 64.9 cm³/mol. The predicted octanol–water partition coefficient (Wildman–Crippen LogP) is 1.45. The third-order valence-corrected chi connectivity index (χ3v) is 2.79. The summed E-state index contributed by atoms with van der Waals surface area (Å²) in [4.78, 5) is 0. The Hall–Kier alpha value is -1.46. The van der Waals surface area contributed by atoms with Crippen LogP contribution in [0.3, 0.4) is 0 Å². The largest absolute Gasteiger partial charge is 0.493 e. The molecule has 0 aliphatic carbocycles. The molecule has 0 aromatic heterocycles. The molecule has 0 saturated heterocycles. The number of unbranched alkanes of at least 4 members (excludes halogenated alkanes) is 2. The van der Waals surface area contributed by atoms with Crippen molar-refractivity contribution >= 4 is 0 Å². The second-order valence-corrected chi connectivity index (χ2v) is 4.10. The average molecular weight is 254 g/mol. The molecule has 1 aromatic rings. The molecule has 18 heavy (non-hydrogen) atoms. The molecule has 100 valence electrons. The molecule has 0 saturated carbocycles. The minimum atomic E-state index is -0.0946. The third-order valence-electron chi connectivity index (χ3n) is 2.79. The molecule has 5 heteroatoms. The van der Waals surface area contributed by atoms with E-state index < -0.39 is 0 Å². The van der Waals surface area contributed by atoms with Crippen molar-refractivity contribution < 1.29 is 24.4 Å². The molecule has 2 rings (SSSR count). The van der Waals surface area contributed by atoms with E-state index in [9.17, 15) is 5.11 Å². The van der Waals surface area contributed by atoms with Crippen molar-refractivity contribution in [1.82, 2.24) is 0 Å². The van der Waals surface area contributed by atoms with Gasteiger partial charge >= 0.3 is 0 Å². The summed E-state index contributed by atoms with van der Waals surface area (Å²) in [5.41, 5.74) is 0.696. The molecular weight excluding hydrogens is 236 g/mol. The van der Waals surface area contributed by atoms with Crippen LogP contribution in [0.2, 0.25) is 0 Å². The first-order valence-corrected chi connectivity index (χ1v) is 6.12. The molecule has 0 atom stereocenters. The highest BCUT2D eigenvalue weighted by Crippen LogP contribution is 2.38. The molecule has 1 aliphatic heterocycles. The number of rotatable bonds is 7. The molecule has 0 bridgehead atoms. The zero-order chi connectivity index (χ0) is 12.8. The van der Waals surface area contributed by atoms with Crippen molar-refractivity contribution in [1.29, 1.82) is 0 Å². The van der Waals surface area contributed by atoms with Gasteiger partial charge in [-0.3, -0.25) is 0 Å². The van der Waals surface area contributed by atoms with Crippen LogP contribution < -0.4 is 14.2 Å². The summed E-state index contributed by atoms with van der Waals surface area (Å²) < 4.78 is 16.1. The van der Waals surface area contributed by atoms with Crippen LogP contribution in [0.15, 0.2) is 12.1 Å². The molecule has 5 nitrogen and oxygen atoms in total. The first kappa shape index (κ1) is 13.0. The highest BCUT2D eigenvalue weighted by molar-refractivity contribution is 5.51. The molecule has 1 heterocycles. The molecule has 0 fully saturated rings. The number of ether oxygens (including phenoxy) is 3. The van der Waals surface area contributed by atoms with E-state index in [0.29, 0.717) is 29.4 Å². The number of aliphatic hydroxyl groups excluding tert-OH is 2. The zero-order valence-electron chi connectivity index (χ0n) is 10.2. The summed E-state index contributed by atoms with van der Waals surface area (Å²) in [6, 6.07) is 3.49. The van der Waals surface area contributed by atoms with Crippen LogP contribution in [-0.2, 0) is 6.61 Å². The van der Waals surface area contributed by atoms with Gasteiger partial charge in [0.1, 0.15) is 5.75 Å². The summed E-state index contributed by atoms with van der Waals surface area (Å²) >= 11 is 0. The minimum absolute atomic E-state index is 0.0946. The summed E-state index contributed by atoms with van der Waals surface area (Å²) in [5.74, 6) is 1.93. The first-order valence-electron chi connectivity index (χ1n) is 6.12. The Morgan fingerprint density at radius 3 is 2.56 bits per heavy atom. The van der Waals surface area contributed by atoms with Gasteiger partial charge < -0.3 is 24.4 Å². The normalized spacial score (nSPS) is 12.8. The topological polar surface area (TPSA) is 68.2 Å². The Balaban J connectivity index is 1.94. The van der Waals surface area contributed by atoms with Gasteiger partial charge in [-0.2, -0.15) is 0 Å². The third kappa shape index (κ3) is 3.05. The number of aliphatic hydroxyl groups is 2. The van der Waals surface area contributed by atoms with Crippen LogP contribution in [0.25, 0.3) is 0 Å². The lowest BCUT2D eigenvalue weighted by Gasteiger charge is -2.11. The van der Waals surface area contributed by atoms with E-state index in [1.165, 1.54) is 0 Å².